The molecule has 1 rings (SSSR count). The summed E-state index contributed by atoms with van der Waals surface area (Å²) in [5, 5.41) is 11.0. The molecule has 2 N–H and O–H groups in total. The molecule has 0 heterocycles. The molecule has 0 saturated carbocycles. The van der Waals surface area contributed by atoms with Crippen LogP contribution in [0.25, 0.3) is 0 Å². The summed E-state index contributed by atoms with van der Waals surface area (Å²) in [5.41, 5.74) is 0.293. The van der Waals surface area contributed by atoms with Gasteiger partial charge < -0.3 is 15.2 Å². The van der Waals surface area contributed by atoms with Gasteiger partial charge in [-0.1, -0.05) is 0 Å². The highest BCUT2D eigenvalue weighted by Gasteiger charge is 2.09. The largest absolute Gasteiger partial charge is 0.494 e. The summed E-state index contributed by atoms with van der Waals surface area (Å²) < 4.78 is 17.7. The number of methoxy groups -OCH3 is 1. The van der Waals surface area contributed by atoms with Crippen molar-refractivity contribution in [1.29, 1.82) is 0 Å². The van der Waals surface area contributed by atoms with Gasteiger partial charge in [0.25, 0.3) is 5.91 Å². The molecule has 0 radical (unpaired) electrons. The highest BCUT2D eigenvalue weighted by molar-refractivity contribution is 5.94. The molecule has 1 aromatic rings. The Bertz CT molecular complexity index is 355. The smallest absolute Gasteiger partial charge is 0.251 e. The summed E-state index contributed by atoms with van der Waals surface area (Å²) in [6.07, 6.45) is 0. The minimum Gasteiger partial charge on any atom is -0.494 e. The van der Waals surface area contributed by atoms with Crippen molar-refractivity contribution in [2.75, 3.05) is 20.3 Å². The number of hydrogen-bond donors (Lipinski definition) is 2. The lowest BCUT2D eigenvalue weighted by Crippen LogP contribution is -2.26. The van der Waals surface area contributed by atoms with E-state index >= 15 is 0 Å². The average Bonchev–Trinajstić information content (AvgIpc) is 2.26. The van der Waals surface area contributed by atoms with Crippen LogP contribution in [0.1, 0.15) is 10.4 Å². The van der Waals surface area contributed by atoms with Crippen molar-refractivity contribution in [3.63, 3.8) is 0 Å². The number of carbonyl (C=O) groups is 1. The second kappa shape index (κ2) is 5.31. The molecule has 0 aliphatic carbocycles. The van der Waals surface area contributed by atoms with Crippen LogP contribution >= 0.6 is 0 Å². The molecular formula is C10H12FNO3. The third-order valence-corrected chi connectivity index (χ3v) is 1.81. The fourth-order valence-electron chi connectivity index (χ4n) is 1.07. The molecule has 0 fully saturated rings. The van der Waals surface area contributed by atoms with Gasteiger partial charge in [0.15, 0.2) is 11.6 Å². The third-order valence-electron chi connectivity index (χ3n) is 1.81. The number of carbonyl (C=O) groups excluding carboxylic acids is 1. The maximum Gasteiger partial charge on any atom is 0.251 e. The molecule has 0 saturated heterocycles. The number of halogens is 1. The van der Waals surface area contributed by atoms with Crippen molar-refractivity contribution in [1.82, 2.24) is 5.32 Å². The molecule has 5 heteroatoms. The molecule has 0 spiro atoms. The molecule has 1 amide bonds. The van der Waals surface area contributed by atoms with E-state index in [1.807, 2.05) is 0 Å². The third kappa shape index (κ3) is 2.92. The van der Waals surface area contributed by atoms with E-state index < -0.39 is 5.82 Å². The van der Waals surface area contributed by atoms with Crippen LogP contribution in [0.15, 0.2) is 18.2 Å². The standard InChI is InChI=1S/C10H12FNO3/c1-15-9-6-7(2-3-8(9)11)10(14)12-4-5-13/h2-3,6,13H,4-5H2,1H3,(H,12,14). The molecule has 0 aliphatic heterocycles. The quantitative estimate of drug-likeness (QED) is 0.768. The van der Waals surface area contributed by atoms with Crippen molar-refractivity contribution in [2.24, 2.45) is 0 Å². The number of hydrogen-bond acceptors (Lipinski definition) is 3. The number of nitrogens with one attached hydrogen (secondary N) is 1. The molecule has 0 aliphatic rings. The van der Waals surface area contributed by atoms with Crippen LogP contribution in [-0.2, 0) is 0 Å². The van der Waals surface area contributed by atoms with Crippen LogP contribution in [0.4, 0.5) is 4.39 Å². The predicted octanol–water partition coefficient (Wildman–Crippen LogP) is 0.556. The van der Waals surface area contributed by atoms with Crippen LogP contribution in [0.2, 0.25) is 0 Å². The van der Waals surface area contributed by atoms with E-state index in [0.29, 0.717) is 5.56 Å². The van der Waals surface area contributed by atoms with Gasteiger partial charge in [-0.3, -0.25) is 4.79 Å². The number of amides is 1. The van der Waals surface area contributed by atoms with Gasteiger partial charge in [0.05, 0.1) is 13.7 Å². The number of benzene rings is 1. The van der Waals surface area contributed by atoms with E-state index in [1.54, 1.807) is 0 Å². The Morgan fingerprint density at radius 2 is 2.33 bits per heavy atom. The first kappa shape index (κ1) is 11.5. The summed E-state index contributed by atoms with van der Waals surface area (Å²) in [6, 6.07) is 3.82. The van der Waals surface area contributed by atoms with Crippen LogP contribution in [0, 0.1) is 5.82 Å². The Hall–Kier alpha value is -1.62. The van der Waals surface area contributed by atoms with Crippen LogP contribution in [0.5, 0.6) is 5.75 Å². The number of rotatable bonds is 4. The fourth-order valence-corrected chi connectivity index (χ4v) is 1.07. The first-order valence-electron chi connectivity index (χ1n) is 4.41. The second-order valence-corrected chi connectivity index (χ2v) is 2.83. The summed E-state index contributed by atoms with van der Waals surface area (Å²) in [7, 11) is 1.33. The van der Waals surface area contributed by atoms with E-state index in [1.165, 1.54) is 19.2 Å². The number of aliphatic hydroxyl groups is 1. The van der Waals surface area contributed by atoms with Crippen molar-refractivity contribution >= 4 is 5.91 Å². The maximum absolute atomic E-state index is 13.0. The Morgan fingerprint density at radius 1 is 1.60 bits per heavy atom. The van der Waals surface area contributed by atoms with Crippen molar-refractivity contribution in [2.45, 2.75) is 0 Å². The zero-order valence-electron chi connectivity index (χ0n) is 8.29. The lowest BCUT2D eigenvalue weighted by atomic mass is 10.2. The first-order chi connectivity index (χ1) is 7.19. The number of aliphatic hydroxyl groups excluding tert-OH is 1. The molecular weight excluding hydrogens is 201 g/mol. The Kier molecular flexibility index (Phi) is 4.05. The molecule has 0 bridgehead atoms. The molecule has 1 aromatic carbocycles. The Labute approximate surface area is 86.7 Å². The summed E-state index contributed by atoms with van der Waals surface area (Å²) in [6.45, 7) is 0.0304. The highest BCUT2D eigenvalue weighted by Crippen LogP contribution is 2.17. The SMILES string of the molecule is COc1cc(C(=O)NCCO)ccc1F. The van der Waals surface area contributed by atoms with E-state index in [9.17, 15) is 9.18 Å². The van der Waals surface area contributed by atoms with Crippen molar-refractivity contribution in [3.8, 4) is 5.75 Å². The van der Waals surface area contributed by atoms with Gasteiger partial charge in [0, 0.05) is 12.1 Å². The highest BCUT2D eigenvalue weighted by atomic mass is 19.1. The maximum atomic E-state index is 13.0. The normalized spacial score (nSPS) is 9.80. The monoisotopic (exact) mass is 213 g/mol. The summed E-state index contributed by atoms with van der Waals surface area (Å²) in [4.78, 5) is 11.4. The zero-order valence-corrected chi connectivity index (χ0v) is 8.29. The van der Waals surface area contributed by atoms with Gasteiger partial charge in [-0.2, -0.15) is 0 Å². The van der Waals surface area contributed by atoms with Gasteiger partial charge >= 0.3 is 0 Å². The van der Waals surface area contributed by atoms with E-state index in [-0.39, 0.29) is 24.8 Å². The lowest BCUT2D eigenvalue weighted by Gasteiger charge is -2.06. The fraction of sp³-hybridized carbons (Fsp3) is 0.300. The molecule has 0 aromatic heterocycles. The van der Waals surface area contributed by atoms with Crippen LogP contribution < -0.4 is 10.1 Å². The molecule has 15 heavy (non-hydrogen) atoms. The van der Waals surface area contributed by atoms with E-state index in [4.69, 9.17) is 9.84 Å². The van der Waals surface area contributed by atoms with Crippen LogP contribution in [-0.4, -0.2) is 31.3 Å². The van der Waals surface area contributed by atoms with Gasteiger partial charge in [-0.15, -0.1) is 0 Å². The van der Waals surface area contributed by atoms with Gasteiger partial charge in [0.1, 0.15) is 0 Å². The van der Waals surface area contributed by atoms with Crippen LogP contribution in [0.3, 0.4) is 0 Å². The van der Waals surface area contributed by atoms with Crippen molar-refractivity contribution in [3.05, 3.63) is 29.6 Å². The number of ether oxygens (including phenoxy) is 1. The minimum atomic E-state index is -0.517. The average molecular weight is 213 g/mol. The predicted molar refractivity (Wildman–Crippen MR) is 52.4 cm³/mol. The van der Waals surface area contributed by atoms with Gasteiger partial charge in [0.2, 0.25) is 0 Å². The molecule has 82 valence electrons. The molecule has 0 unspecified atom stereocenters. The van der Waals surface area contributed by atoms with E-state index in [2.05, 4.69) is 5.32 Å². The van der Waals surface area contributed by atoms with E-state index in [0.717, 1.165) is 6.07 Å². The zero-order chi connectivity index (χ0) is 11.3. The lowest BCUT2D eigenvalue weighted by molar-refractivity contribution is 0.0944. The summed E-state index contributed by atoms with van der Waals surface area (Å²) in [5.74, 6) is -0.870. The molecule has 0 atom stereocenters. The van der Waals surface area contributed by atoms with Gasteiger partial charge in [-0.05, 0) is 18.2 Å². The summed E-state index contributed by atoms with van der Waals surface area (Å²) >= 11 is 0. The molecule has 4 nitrogen and oxygen atoms in total. The van der Waals surface area contributed by atoms with Crippen molar-refractivity contribution < 1.29 is 19.0 Å². The Morgan fingerprint density at radius 3 is 2.93 bits per heavy atom. The first-order valence-corrected chi connectivity index (χ1v) is 4.41. The Balaban J connectivity index is 2.81. The van der Waals surface area contributed by atoms with Gasteiger partial charge in [-0.25, -0.2) is 4.39 Å². The minimum absolute atomic E-state index is 0.0200. The second-order valence-electron chi connectivity index (χ2n) is 2.83. The topological polar surface area (TPSA) is 58.6 Å².